The van der Waals surface area contributed by atoms with Crippen LogP contribution < -0.4 is 0 Å². The Balaban J connectivity index is 2.59. The van der Waals surface area contributed by atoms with Gasteiger partial charge in [-0.05, 0) is 36.3 Å². The lowest BCUT2D eigenvalue weighted by atomic mass is 9.76. The van der Waals surface area contributed by atoms with Crippen LogP contribution >= 0.6 is 11.8 Å². The third kappa shape index (κ3) is 3.55. The van der Waals surface area contributed by atoms with Crippen LogP contribution in [0.5, 0.6) is 0 Å². The van der Waals surface area contributed by atoms with Gasteiger partial charge in [-0.2, -0.15) is 11.8 Å². The Morgan fingerprint density at radius 2 is 2.15 bits per heavy atom. The largest absolute Gasteiger partial charge is 0.295 e. The van der Waals surface area contributed by atoms with Crippen LogP contribution in [0.25, 0.3) is 0 Å². The van der Waals surface area contributed by atoms with Gasteiger partial charge in [0.25, 0.3) is 0 Å². The molecule has 0 unspecified atom stereocenters. The maximum atomic E-state index is 11.4. The van der Waals surface area contributed by atoms with E-state index in [0.29, 0.717) is 5.78 Å². The molecule has 0 atom stereocenters. The Hall–Kier alpha value is -0.240. The molecule has 0 bridgehead atoms. The molecular weight excluding hydrogens is 180 g/mol. The summed E-state index contributed by atoms with van der Waals surface area (Å²) in [5.41, 5.74) is 1.54. The monoisotopic (exact) mass is 198 g/mol. The van der Waals surface area contributed by atoms with E-state index in [1.807, 2.05) is 17.8 Å². The van der Waals surface area contributed by atoms with E-state index in [1.165, 1.54) is 5.57 Å². The molecule has 1 aliphatic carbocycles. The highest BCUT2D eigenvalue weighted by molar-refractivity contribution is 7.98. The second kappa shape index (κ2) is 4.32. The standard InChI is InChI=1S/C11H18OS/c1-11(2)7-9(4-5-13-3)6-10(12)8-11/h6H,4-5,7-8H2,1-3H3. The van der Waals surface area contributed by atoms with Gasteiger partial charge in [0.1, 0.15) is 0 Å². The van der Waals surface area contributed by atoms with E-state index in [4.69, 9.17) is 0 Å². The van der Waals surface area contributed by atoms with Crippen LogP contribution in [-0.2, 0) is 4.79 Å². The Morgan fingerprint density at radius 1 is 1.46 bits per heavy atom. The first kappa shape index (κ1) is 10.8. The van der Waals surface area contributed by atoms with Crippen LogP contribution in [0.2, 0.25) is 0 Å². The minimum Gasteiger partial charge on any atom is -0.295 e. The summed E-state index contributed by atoms with van der Waals surface area (Å²) in [6, 6.07) is 0. The lowest BCUT2D eigenvalue weighted by molar-refractivity contribution is -0.117. The molecule has 0 saturated heterocycles. The van der Waals surface area contributed by atoms with Gasteiger partial charge in [0, 0.05) is 6.42 Å². The first-order valence-corrected chi connectivity index (χ1v) is 6.14. The number of carbonyl (C=O) groups is 1. The summed E-state index contributed by atoms with van der Waals surface area (Å²) in [4.78, 5) is 11.4. The van der Waals surface area contributed by atoms with Gasteiger partial charge in [-0.15, -0.1) is 0 Å². The highest BCUT2D eigenvalue weighted by Crippen LogP contribution is 2.34. The second-order valence-corrected chi connectivity index (χ2v) is 5.52. The van der Waals surface area contributed by atoms with E-state index < -0.39 is 0 Å². The predicted molar refractivity (Wildman–Crippen MR) is 59.1 cm³/mol. The molecule has 0 aromatic carbocycles. The Bertz CT molecular complexity index is 228. The van der Waals surface area contributed by atoms with Gasteiger partial charge < -0.3 is 0 Å². The summed E-state index contributed by atoms with van der Waals surface area (Å²) in [7, 11) is 0. The molecule has 0 fully saturated rings. The predicted octanol–water partition coefficient (Wildman–Crippen LogP) is 3.06. The van der Waals surface area contributed by atoms with E-state index in [-0.39, 0.29) is 5.41 Å². The first-order valence-electron chi connectivity index (χ1n) is 4.75. The fourth-order valence-corrected chi connectivity index (χ4v) is 2.34. The summed E-state index contributed by atoms with van der Waals surface area (Å²) in [5, 5.41) is 0. The van der Waals surface area contributed by atoms with Crippen molar-refractivity contribution in [1.82, 2.24) is 0 Å². The molecule has 0 aromatic rings. The topological polar surface area (TPSA) is 17.1 Å². The number of allylic oxidation sites excluding steroid dienone is 2. The molecule has 0 heterocycles. The van der Waals surface area contributed by atoms with Gasteiger partial charge in [0.15, 0.2) is 5.78 Å². The number of hydrogen-bond donors (Lipinski definition) is 0. The van der Waals surface area contributed by atoms with Crippen molar-refractivity contribution >= 4 is 17.5 Å². The Morgan fingerprint density at radius 3 is 2.69 bits per heavy atom. The molecule has 0 radical (unpaired) electrons. The Labute approximate surface area is 85.0 Å². The van der Waals surface area contributed by atoms with Gasteiger partial charge in [-0.3, -0.25) is 4.79 Å². The molecule has 0 aromatic heterocycles. The van der Waals surface area contributed by atoms with Gasteiger partial charge in [0.05, 0.1) is 0 Å². The smallest absolute Gasteiger partial charge is 0.156 e. The molecule has 0 spiro atoms. The van der Waals surface area contributed by atoms with Crippen LogP contribution in [0, 0.1) is 5.41 Å². The molecule has 2 heteroatoms. The summed E-state index contributed by atoms with van der Waals surface area (Å²) >= 11 is 1.84. The van der Waals surface area contributed by atoms with E-state index >= 15 is 0 Å². The molecule has 0 aliphatic heterocycles. The van der Waals surface area contributed by atoms with E-state index in [2.05, 4.69) is 20.1 Å². The molecule has 1 nitrogen and oxygen atoms in total. The maximum Gasteiger partial charge on any atom is 0.156 e. The molecule has 0 amide bonds. The molecular formula is C11H18OS. The van der Waals surface area contributed by atoms with Gasteiger partial charge in [0.2, 0.25) is 0 Å². The first-order chi connectivity index (χ1) is 6.03. The quantitative estimate of drug-likeness (QED) is 0.693. The van der Waals surface area contributed by atoms with Gasteiger partial charge in [-0.25, -0.2) is 0 Å². The molecule has 0 N–H and O–H groups in total. The summed E-state index contributed by atoms with van der Waals surface area (Å²) in [6.45, 7) is 4.36. The average Bonchev–Trinajstić information content (AvgIpc) is 1.97. The minimum atomic E-state index is 0.194. The molecule has 0 saturated carbocycles. The molecule has 13 heavy (non-hydrogen) atoms. The van der Waals surface area contributed by atoms with Crippen molar-refractivity contribution in [1.29, 1.82) is 0 Å². The van der Waals surface area contributed by atoms with Crippen molar-refractivity contribution in [2.75, 3.05) is 12.0 Å². The van der Waals surface area contributed by atoms with Crippen molar-refractivity contribution in [3.05, 3.63) is 11.6 Å². The highest BCUT2D eigenvalue weighted by Gasteiger charge is 2.26. The van der Waals surface area contributed by atoms with Crippen molar-refractivity contribution in [3.63, 3.8) is 0 Å². The summed E-state index contributed by atoms with van der Waals surface area (Å²) < 4.78 is 0. The van der Waals surface area contributed by atoms with Crippen LogP contribution in [0.15, 0.2) is 11.6 Å². The third-order valence-electron chi connectivity index (χ3n) is 2.35. The Kier molecular flexibility index (Phi) is 3.60. The molecule has 1 rings (SSSR count). The zero-order valence-corrected chi connectivity index (χ0v) is 9.54. The van der Waals surface area contributed by atoms with E-state index in [0.717, 1.165) is 25.0 Å². The second-order valence-electron chi connectivity index (χ2n) is 4.53. The number of hydrogen-bond acceptors (Lipinski definition) is 2. The van der Waals surface area contributed by atoms with Gasteiger partial charge in [-0.1, -0.05) is 19.4 Å². The number of thioether (sulfide) groups is 1. The average molecular weight is 198 g/mol. The summed E-state index contributed by atoms with van der Waals surface area (Å²) in [5.74, 6) is 1.45. The van der Waals surface area contributed by atoms with Gasteiger partial charge >= 0.3 is 0 Å². The van der Waals surface area contributed by atoms with Crippen molar-refractivity contribution in [2.45, 2.75) is 33.1 Å². The molecule has 1 aliphatic rings. The lowest BCUT2D eigenvalue weighted by Gasteiger charge is -2.28. The van der Waals surface area contributed by atoms with Crippen LogP contribution in [-0.4, -0.2) is 17.8 Å². The zero-order valence-electron chi connectivity index (χ0n) is 8.72. The summed E-state index contributed by atoms with van der Waals surface area (Å²) in [6.07, 6.45) is 6.86. The fraction of sp³-hybridized carbons (Fsp3) is 0.727. The fourth-order valence-electron chi connectivity index (χ4n) is 1.87. The maximum absolute atomic E-state index is 11.4. The van der Waals surface area contributed by atoms with Crippen LogP contribution in [0.4, 0.5) is 0 Å². The van der Waals surface area contributed by atoms with E-state index in [1.54, 1.807) is 0 Å². The van der Waals surface area contributed by atoms with E-state index in [9.17, 15) is 4.79 Å². The molecule has 74 valence electrons. The lowest BCUT2D eigenvalue weighted by Crippen LogP contribution is -2.21. The third-order valence-corrected chi connectivity index (χ3v) is 2.96. The number of ketones is 1. The number of carbonyl (C=O) groups excluding carboxylic acids is 1. The van der Waals surface area contributed by atoms with Crippen molar-refractivity contribution in [3.8, 4) is 0 Å². The highest BCUT2D eigenvalue weighted by atomic mass is 32.2. The SMILES string of the molecule is CSCCC1=CC(=O)CC(C)(C)C1. The van der Waals surface area contributed by atoms with Crippen LogP contribution in [0.3, 0.4) is 0 Å². The van der Waals surface area contributed by atoms with Crippen molar-refractivity contribution < 1.29 is 4.79 Å². The minimum absolute atomic E-state index is 0.194. The zero-order chi connectivity index (χ0) is 9.90. The van der Waals surface area contributed by atoms with Crippen LogP contribution in [0.1, 0.15) is 33.1 Å². The number of rotatable bonds is 3. The van der Waals surface area contributed by atoms with Crippen molar-refractivity contribution in [2.24, 2.45) is 5.41 Å². The normalized spacial score (nSPS) is 21.5.